The molecule has 35 heavy (non-hydrogen) atoms. The van der Waals surface area contributed by atoms with Crippen LogP contribution in [0.5, 0.6) is 0 Å². The van der Waals surface area contributed by atoms with Gasteiger partial charge in [0.05, 0.1) is 13.1 Å². The van der Waals surface area contributed by atoms with Crippen molar-refractivity contribution in [3.05, 3.63) is 71.3 Å². The van der Waals surface area contributed by atoms with Crippen molar-refractivity contribution in [1.29, 1.82) is 0 Å². The molecule has 0 aromatic heterocycles. The number of hydrogen-bond donors (Lipinski definition) is 1. The molecule has 1 N–H and O–H groups in total. The average Bonchev–Trinajstić information content (AvgIpc) is 2.82. The lowest BCUT2D eigenvalue weighted by Gasteiger charge is -2.54. The number of hydrazine groups is 1. The number of hydrogen-bond acceptors (Lipinski definition) is 4. The number of benzene rings is 2. The van der Waals surface area contributed by atoms with Gasteiger partial charge in [-0.05, 0) is 41.8 Å². The number of rotatable bonds is 6. The topological polar surface area (TPSA) is 76.2 Å². The lowest BCUT2D eigenvalue weighted by molar-refractivity contribution is -0.188. The van der Waals surface area contributed by atoms with Crippen LogP contribution in [0.4, 0.5) is 13.6 Å². The van der Waals surface area contributed by atoms with E-state index >= 15 is 0 Å². The number of fused-ring (bicyclic) bond motifs is 1. The van der Waals surface area contributed by atoms with Crippen molar-refractivity contribution in [1.82, 2.24) is 25.1 Å². The first kappa shape index (κ1) is 24.6. The van der Waals surface area contributed by atoms with E-state index < -0.39 is 18.2 Å². The molecular formula is C25H29F2N5O3. The number of nitrogens with one attached hydrogen (secondary N) is 1. The highest BCUT2D eigenvalue weighted by Gasteiger charge is 2.50. The number of amides is 4. The number of carbonyl (C=O) groups excluding carboxylic acids is 3. The normalized spacial score (nSPS) is 20.7. The molecule has 2 fully saturated rings. The molecule has 4 rings (SSSR count). The highest BCUT2D eigenvalue weighted by atomic mass is 19.1. The fourth-order valence-corrected chi connectivity index (χ4v) is 4.67. The second-order valence-corrected chi connectivity index (χ2v) is 8.88. The first-order valence-corrected chi connectivity index (χ1v) is 11.7. The van der Waals surface area contributed by atoms with Gasteiger partial charge in [0.15, 0.2) is 0 Å². The van der Waals surface area contributed by atoms with Crippen LogP contribution in [0.25, 0.3) is 0 Å². The zero-order valence-electron chi connectivity index (χ0n) is 19.8. The molecule has 2 heterocycles. The minimum atomic E-state index is -0.691. The zero-order chi connectivity index (χ0) is 25.1. The van der Waals surface area contributed by atoms with Gasteiger partial charge in [0.25, 0.3) is 0 Å². The third-order valence-corrected chi connectivity index (χ3v) is 6.35. The summed E-state index contributed by atoms with van der Waals surface area (Å²) in [5, 5.41) is 5.86. The Hall–Kier alpha value is -3.53. The maximum Gasteiger partial charge on any atom is 0.334 e. The fourth-order valence-electron chi connectivity index (χ4n) is 4.67. The molecule has 2 saturated heterocycles. The molecule has 10 heteroatoms. The Balaban J connectivity index is 1.58. The van der Waals surface area contributed by atoms with Gasteiger partial charge in [0.2, 0.25) is 11.8 Å². The molecular weight excluding hydrogens is 456 g/mol. The molecule has 0 aliphatic carbocycles. The third-order valence-electron chi connectivity index (χ3n) is 6.35. The van der Waals surface area contributed by atoms with Crippen molar-refractivity contribution >= 4 is 17.8 Å². The predicted octanol–water partition coefficient (Wildman–Crippen LogP) is 2.70. The number of nitrogens with zero attached hydrogens (tertiary/aromatic N) is 4. The predicted molar refractivity (Wildman–Crippen MR) is 124 cm³/mol. The Morgan fingerprint density at radius 1 is 1.00 bits per heavy atom. The Morgan fingerprint density at radius 2 is 1.60 bits per heavy atom. The molecule has 0 bridgehead atoms. The molecule has 0 saturated carbocycles. The first-order chi connectivity index (χ1) is 16.8. The van der Waals surface area contributed by atoms with E-state index in [-0.39, 0.29) is 49.6 Å². The first-order valence-electron chi connectivity index (χ1n) is 11.7. The van der Waals surface area contributed by atoms with Gasteiger partial charge in [-0.1, -0.05) is 37.6 Å². The SMILES string of the molecule is CCC[C@H]1C(=O)N(Cc2ccc(F)cc2)CC2N1C(=O)CN(C)N2C(=O)NCc1ccc(F)cc1. The number of carbonyl (C=O) groups is 3. The molecule has 2 aromatic rings. The van der Waals surface area contributed by atoms with Crippen molar-refractivity contribution in [2.45, 2.75) is 45.1 Å². The Labute approximate surface area is 203 Å². The lowest BCUT2D eigenvalue weighted by atomic mass is 10.0. The quantitative estimate of drug-likeness (QED) is 0.683. The molecule has 8 nitrogen and oxygen atoms in total. The smallest absolute Gasteiger partial charge is 0.333 e. The second-order valence-electron chi connectivity index (χ2n) is 8.88. The van der Waals surface area contributed by atoms with Crippen LogP contribution in [0.1, 0.15) is 30.9 Å². The summed E-state index contributed by atoms with van der Waals surface area (Å²) in [6.45, 7) is 2.45. The maximum absolute atomic E-state index is 13.4. The summed E-state index contributed by atoms with van der Waals surface area (Å²) in [5.74, 6) is -1.12. The fraction of sp³-hybridized carbons (Fsp3) is 0.400. The van der Waals surface area contributed by atoms with E-state index in [1.165, 1.54) is 34.2 Å². The van der Waals surface area contributed by atoms with Crippen LogP contribution in [0, 0.1) is 11.6 Å². The van der Waals surface area contributed by atoms with E-state index in [4.69, 9.17) is 0 Å². The van der Waals surface area contributed by atoms with Gasteiger partial charge in [-0.25, -0.2) is 23.6 Å². The van der Waals surface area contributed by atoms with Crippen LogP contribution in [0.3, 0.4) is 0 Å². The van der Waals surface area contributed by atoms with Gasteiger partial charge in [-0.15, -0.1) is 0 Å². The van der Waals surface area contributed by atoms with Crippen molar-refractivity contribution < 1.29 is 23.2 Å². The van der Waals surface area contributed by atoms with E-state index in [0.717, 1.165) is 11.1 Å². The molecule has 0 spiro atoms. The summed E-state index contributed by atoms with van der Waals surface area (Å²) in [5.41, 5.74) is 1.49. The summed E-state index contributed by atoms with van der Waals surface area (Å²) in [6.07, 6.45) is 0.462. The van der Waals surface area contributed by atoms with Crippen molar-refractivity contribution in [2.24, 2.45) is 0 Å². The average molecular weight is 486 g/mol. The Morgan fingerprint density at radius 3 is 2.20 bits per heavy atom. The van der Waals surface area contributed by atoms with Crippen molar-refractivity contribution in [3.63, 3.8) is 0 Å². The van der Waals surface area contributed by atoms with Gasteiger partial charge in [0, 0.05) is 20.1 Å². The van der Waals surface area contributed by atoms with Crippen LogP contribution < -0.4 is 5.32 Å². The summed E-state index contributed by atoms with van der Waals surface area (Å²) in [6, 6.07) is 10.6. The van der Waals surface area contributed by atoms with Crippen LogP contribution in [0.15, 0.2) is 48.5 Å². The standard InChI is InChI=1S/C25H29F2N5O3/c1-3-4-21-24(34)30(14-18-7-11-20(27)12-8-18)15-22-31(21)23(33)16-29(2)32(22)25(35)28-13-17-5-9-19(26)10-6-17/h5-12,21-22H,3-4,13-16H2,1-2H3,(H,28,35)/t21-,22?/m0/s1. The van der Waals surface area contributed by atoms with Crippen LogP contribution in [0.2, 0.25) is 0 Å². The molecule has 4 amide bonds. The Bertz CT molecular complexity index is 1080. The van der Waals surface area contributed by atoms with Gasteiger partial charge >= 0.3 is 6.03 Å². The highest BCUT2D eigenvalue weighted by molar-refractivity contribution is 5.91. The van der Waals surface area contributed by atoms with Crippen molar-refractivity contribution in [3.8, 4) is 0 Å². The van der Waals surface area contributed by atoms with Gasteiger partial charge in [-0.3, -0.25) is 9.59 Å². The van der Waals surface area contributed by atoms with E-state index in [2.05, 4.69) is 5.32 Å². The van der Waals surface area contributed by atoms with Crippen molar-refractivity contribution in [2.75, 3.05) is 20.1 Å². The van der Waals surface area contributed by atoms with Crippen LogP contribution >= 0.6 is 0 Å². The molecule has 2 aromatic carbocycles. The third kappa shape index (κ3) is 5.27. The van der Waals surface area contributed by atoms with Crippen LogP contribution in [-0.2, 0) is 22.7 Å². The number of piperazine rings is 1. The number of likely N-dealkylation sites (N-methyl/N-ethyl adjacent to an activating group) is 1. The van der Waals surface area contributed by atoms with E-state index in [1.807, 2.05) is 6.92 Å². The second kappa shape index (κ2) is 10.4. The Kier molecular flexibility index (Phi) is 7.30. The van der Waals surface area contributed by atoms with Gasteiger partial charge in [-0.2, -0.15) is 0 Å². The molecule has 1 unspecified atom stereocenters. The molecule has 2 aliphatic heterocycles. The summed E-state index contributed by atoms with van der Waals surface area (Å²) < 4.78 is 26.6. The zero-order valence-corrected chi connectivity index (χ0v) is 19.8. The summed E-state index contributed by atoms with van der Waals surface area (Å²) in [7, 11) is 1.66. The molecule has 186 valence electrons. The summed E-state index contributed by atoms with van der Waals surface area (Å²) >= 11 is 0. The minimum Gasteiger partial charge on any atom is -0.333 e. The molecule has 2 atom stereocenters. The minimum absolute atomic E-state index is 0.0358. The highest BCUT2D eigenvalue weighted by Crippen LogP contribution is 2.28. The molecule has 2 aliphatic rings. The number of halogens is 2. The van der Waals surface area contributed by atoms with E-state index in [0.29, 0.717) is 12.8 Å². The number of urea groups is 1. The largest absolute Gasteiger partial charge is 0.334 e. The van der Waals surface area contributed by atoms with Crippen LogP contribution in [-0.4, -0.2) is 70.0 Å². The maximum atomic E-state index is 13.4. The molecule has 0 radical (unpaired) electrons. The van der Waals surface area contributed by atoms with E-state index in [9.17, 15) is 23.2 Å². The summed E-state index contributed by atoms with van der Waals surface area (Å²) in [4.78, 5) is 42.8. The monoisotopic (exact) mass is 485 g/mol. The lowest BCUT2D eigenvalue weighted by Crippen LogP contribution is -2.75. The van der Waals surface area contributed by atoms with Gasteiger partial charge < -0.3 is 15.1 Å². The van der Waals surface area contributed by atoms with E-state index in [1.54, 1.807) is 41.2 Å². The van der Waals surface area contributed by atoms with Gasteiger partial charge in [0.1, 0.15) is 23.8 Å².